The summed E-state index contributed by atoms with van der Waals surface area (Å²) < 4.78 is 8.52. The quantitative estimate of drug-likeness (QED) is 0.484. The molecule has 2 aromatic carbocycles. The van der Waals surface area contributed by atoms with Crippen LogP contribution >= 0.6 is 11.3 Å². The summed E-state index contributed by atoms with van der Waals surface area (Å²) in [5, 5.41) is 0. The Kier molecular flexibility index (Phi) is 4.99. The molecule has 2 heterocycles. The normalized spacial score (nSPS) is 11.8. The summed E-state index contributed by atoms with van der Waals surface area (Å²) in [6, 6.07) is 13.3. The summed E-state index contributed by atoms with van der Waals surface area (Å²) in [6.07, 6.45) is 3.24. The first kappa shape index (κ1) is 18.1. The molecule has 0 aliphatic carbocycles. The third-order valence-electron chi connectivity index (χ3n) is 4.14. The fourth-order valence-electron chi connectivity index (χ4n) is 2.91. The number of thiazole rings is 1. The van der Waals surface area contributed by atoms with E-state index in [0.717, 1.165) is 21.5 Å². The number of allylic oxidation sites excluding steroid dienone is 1. The molecule has 0 unspecified atom stereocenters. The predicted molar refractivity (Wildman–Crippen MR) is 111 cm³/mol. The molecule has 4 rings (SSSR count). The van der Waals surface area contributed by atoms with Crippen molar-refractivity contribution >= 4 is 38.5 Å². The lowest BCUT2D eigenvalue weighted by atomic mass is 10.3. The third-order valence-corrected chi connectivity index (χ3v) is 5.18. The highest BCUT2D eigenvalue weighted by atomic mass is 32.1. The van der Waals surface area contributed by atoms with E-state index in [1.165, 1.54) is 17.5 Å². The number of carbonyl (C=O) groups is 1. The Morgan fingerprint density at radius 3 is 2.89 bits per heavy atom. The van der Waals surface area contributed by atoms with E-state index in [4.69, 9.17) is 4.74 Å². The van der Waals surface area contributed by atoms with Crippen LogP contribution in [0.4, 0.5) is 0 Å². The van der Waals surface area contributed by atoms with Crippen LogP contribution in [0, 0.1) is 0 Å². The molecule has 1 amide bonds. The summed E-state index contributed by atoms with van der Waals surface area (Å²) in [4.78, 5) is 26.3. The molecule has 140 valence electrons. The number of fused-ring (bicyclic) bond motifs is 2. The van der Waals surface area contributed by atoms with Crippen LogP contribution in [0.25, 0.3) is 21.3 Å². The zero-order valence-corrected chi connectivity index (χ0v) is 16.1. The smallest absolute Gasteiger partial charge is 0.299 e. The number of hydrogen-bond acceptors (Lipinski definition) is 5. The van der Waals surface area contributed by atoms with Crippen LogP contribution < -0.4 is 9.54 Å². The minimum Gasteiger partial charge on any atom is -0.494 e. The minimum absolute atomic E-state index is 0.219. The van der Waals surface area contributed by atoms with E-state index in [9.17, 15) is 4.79 Å². The number of ether oxygens (including phenoxy) is 1. The summed E-state index contributed by atoms with van der Waals surface area (Å²) >= 11 is 1.43. The van der Waals surface area contributed by atoms with Gasteiger partial charge in [-0.25, -0.2) is 4.98 Å². The van der Waals surface area contributed by atoms with Crippen LogP contribution in [0.1, 0.15) is 17.4 Å². The number of hydrogen-bond donors (Lipinski definition) is 0. The van der Waals surface area contributed by atoms with Gasteiger partial charge in [-0.3, -0.25) is 9.78 Å². The van der Waals surface area contributed by atoms with E-state index in [-0.39, 0.29) is 5.69 Å². The standard InChI is InChI=1S/C21H18N4O2S/c1-3-11-25-18-10-9-14(27-4-2)12-19(18)28-21(25)24-20(26)17-13-22-15-7-5-6-8-16(15)23-17/h3,5-10,12-13H,1,4,11H2,2H3. The second-order valence-electron chi connectivity index (χ2n) is 6.01. The van der Waals surface area contributed by atoms with Crippen LogP contribution in [0.5, 0.6) is 5.75 Å². The molecule has 2 aromatic heterocycles. The average molecular weight is 390 g/mol. The molecule has 0 saturated carbocycles. The molecule has 4 aromatic rings. The molecule has 0 spiro atoms. The van der Waals surface area contributed by atoms with Gasteiger partial charge < -0.3 is 9.30 Å². The number of benzene rings is 2. The first-order valence-electron chi connectivity index (χ1n) is 8.87. The number of aromatic nitrogens is 3. The van der Waals surface area contributed by atoms with Crippen LogP contribution in [0.2, 0.25) is 0 Å². The van der Waals surface area contributed by atoms with E-state index in [1.54, 1.807) is 6.08 Å². The van der Waals surface area contributed by atoms with Gasteiger partial charge in [0.1, 0.15) is 11.4 Å². The van der Waals surface area contributed by atoms with Crippen molar-refractivity contribution in [1.29, 1.82) is 0 Å². The van der Waals surface area contributed by atoms with Gasteiger partial charge in [-0.15, -0.1) is 6.58 Å². The Morgan fingerprint density at radius 2 is 2.11 bits per heavy atom. The van der Waals surface area contributed by atoms with Crippen molar-refractivity contribution in [3.63, 3.8) is 0 Å². The maximum Gasteiger partial charge on any atom is 0.299 e. The number of rotatable bonds is 5. The SMILES string of the molecule is C=CCn1c(=NC(=O)c2cnc3ccccc3n2)sc2cc(OCC)ccc21. The van der Waals surface area contributed by atoms with Crippen LogP contribution in [0.15, 0.2) is 66.3 Å². The van der Waals surface area contributed by atoms with Gasteiger partial charge in [-0.05, 0) is 37.3 Å². The zero-order chi connectivity index (χ0) is 19.5. The van der Waals surface area contributed by atoms with Crippen molar-refractivity contribution in [3.8, 4) is 5.75 Å². The molecule has 0 radical (unpaired) electrons. The number of para-hydroxylation sites is 2. The van der Waals surface area contributed by atoms with Crippen molar-refractivity contribution in [3.05, 3.63) is 71.8 Å². The summed E-state index contributed by atoms with van der Waals surface area (Å²) in [5.41, 5.74) is 2.60. The molecular formula is C21H18N4O2S. The van der Waals surface area contributed by atoms with Crippen molar-refractivity contribution in [1.82, 2.24) is 14.5 Å². The van der Waals surface area contributed by atoms with Crippen molar-refractivity contribution in [2.75, 3.05) is 6.61 Å². The maximum absolute atomic E-state index is 12.7. The van der Waals surface area contributed by atoms with E-state index in [2.05, 4.69) is 21.5 Å². The molecule has 0 aliphatic rings. The molecule has 0 saturated heterocycles. The Labute approximate surface area is 165 Å². The number of nitrogens with zero attached hydrogens (tertiary/aromatic N) is 4. The molecule has 7 heteroatoms. The van der Waals surface area contributed by atoms with E-state index in [1.807, 2.05) is 54.0 Å². The molecule has 0 atom stereocenters. The van der Waals surface area contributed by atoms with Gasteiger partial charge in [0.2, 0.25) is 0 Å². The maximum atomic E-state index is 12.7. The summed E-state index contributed by atoms with van der Waals surface area (Å²) in [7, 11) is 0. The molecule has 6 nitrogen and oxygen atoms in total. The van der Waals surface area contributed by atoms with E-state index >= 15 is 0 Å². The van der Waals surface area contributed by atoms with Gasteiger partial charge in [0, 0.05) is 6.54 Å². The fourth-order valence-corrected chi connectivity index (χ4v) is 3.97. The molecular weight excluding hydrogens is 372 g/mol. The van der Waals surface area contributed by atoms with Crippen molar-refractivity contribution in [2.24, 2.45) is 4.99 Å². The second kappa shape index (κ2) is 7.74. The molecule has 28 heavy (non-hydrogen) atoms. The largest absolute Gasteiger partial charge is 0.494 e. The second-order valence-corrected chi connectivity index (χ2v) is 7.02. The van der Waals surface area contributed by atoms with Crippen LogP contribution in [-0.4, -0.2) is 27.0 Å². The Bertz CT molecular complexity index is 1260. The highest BCUT2D eigenvalue weighted by Gasteiger charge is 2.11. The number of amides is 1. The first-order chi connectivity index (χ1) is 13.7. The Hall–Kier alpha value is -3.32. The molecule has 0 aliphatic heterocycles. The van der Waals surface area contributed by atoms with Gasteiger partial charge in [0.25, 0.3) is 5.91 Å². The lowest BCUT2D eigenvalue weighted by Gasteiger charge is -2.04. The van der Waals surface area contributed by atoms with Gasteiger partial charge in [0.15, 0.2) is 4.80 Å². The highest BCUT2D eigenvalue weighted by Crippen LogP contribution is 2.23. The lowest BCUT2D eigenvalue weighted by molar-refractivity contribution is 0.0993. The molecule has 0 bridgehead atoms. The van der Waals surface area contributed by atoms with Crippen LogP contribution in [-0.2, 0) is 6.54 Å². The van der Waals surface area contributed by atoms with E-state index in [0.29, 0.717) is 23.5 Å². The predicted octanol–water partition coefficient (Wildman–Crippen LogP) is 3.97. The highest BCUT2D eigenvalue weighted by molar-refractivity contribution is 7.16. The lowest BCUT2D eigenvalue weighted by Crippen LogP contribution is -2.16. The monoisotopic (exact) mass is 390 g/mol. The fraction of sp³-hybridized carbons (Fsp3) is 0.143. The Morgan fingerprint density at radius 1 is 1.29 bits per heavy atom. The topological polar surface area (TPSA) is 69.4 Å². The average Bonchev–Trinajstić information content (AvgIpc) is 3.04. The van der Waals surface area contributed by atoms with Gasteiger partial charge in [-0.1, -0.05) is 29.5 Å². The third kappa shape index (κ3) is 3.44. The van der Waals surface area contributed by atoms with Gasteiger partial charge in [0.05, 0.1) is 34.1 Å². The zero-order valence-electron chi connectivity index (χ0n) is 15.3. The van der Waals surface area contributed by atoms with Crippen molar-refractivity contribution < 1.29 is 9.53 Å². The van der Waals surface area contributed by atoms with Crippen molar-refractivity contribution in [2.45, 2.75) is 13.5 Å². The van der Waals surface area contributed by atoms with Crippen LogP contribution in [0.3, 0.4) is 0 Å². The Balaban J connectivity index is 1.80. The first-order valence-corrected chi connectivity index (χ1v) is 9.69. The summed E-state index contributed by atoms with van der Waals surface area (Å²) in [5.74, 6) is 0.368. The number of carbonyl (C=O) groups excluding carboxylic acids is 1. The molecule has 0 fully saturated rings. The van der Waals surface area contributed by atoms with Gasteiger partial charge in [-0.2, -0.15) is 4.99 Å². The summed E-state index contributed by atoms with van der Waals surface area (Å²) in [6.45, 7) is 6.90. The van der Waals surface area contributed by atoms with Gasteiger partial charge >= 0.3 is 0 Å². The minimum atomic E-state index is -0.423. The van der Waals surface area contributed by atoms with E-state index < -0.39 is 5.91 Å². The molecule has 0 N–H and O–H groups in total.